The summed E-state index contributed by atoms with van der Waals surface area (Å²) in [7, 11) is 3.41. The van der Waals surface area contributed by atoms with Crippen molar-refractivity contribution in [2.75, 3.05) is 38.8 Å². The molecule has 12 atom stereocenters. The lowest BCUT2D eigenvalue weighted by molar-refractivity contribution is -0.144. The molecule has 2 aromatic rings. The first kappa shape index (κ1) is 52.1. The number of unbranched alkanes of at least 4 members (excludes halogenated alkanes) is 1. The molecule has 2 aliphatic carbocycles. The van der Waals surface area contributed by atoms with E-state index in [1.165, 1.54) is 0 Å². The Labute approximate surface area is 421 Å². The monoisotopic (exact) mass is 1000 g/mol. The number of rotatable bonds is 17. The third-order valence-corrected chi connectivity index (χ3v) is 18.0. The van der Waals surface area contributed by atoms with Gasteiger partial charge in [-0.25, -0.2) is 0 Å². The fourth-order valence-corrected chi connectivity index (χ4v) is 14.6. The standard InChI is InChI=1S/C52H74N8O8S2/c1-29(53-7)45(61)55-35-19-23-69-39-27-51(3,4)43(59(39)49(35)65)47(63)57-41-33-17-11-9-15-31(33)25-37(41)67-21-13-14-22-68-38-26-32-16-10-12-18-34(32)42(38)58-48(64)44-52(5,6)28-40-60(44)50(66)36(20-24-70-40)56-46(62)30(2)54-8/h9-12,15-18,29-30,35-44,53-54H,13-14,19-28H2,1-8H3,(H,55,61)(H,56,62)(H,57,63)(H,58,64)/t29-,30+,35-,36+,37+,38-,39?,40?,41-,42+,43+,44-. The molecule has 18 heteroatoms. The van der Waals surface area contributed by atoms with Gasteiger partial charge < -0.3 is 51.2 Å². The Hall–Kier alpha value is -4.20. The molecule has 6 aliphatic rings. The Morgan fingerprint density at radius 1 is 0.629 bits per heavy atom. The van der Waals surface area contributed by atoms with E-state index in [0.717, 1.165) is 22.3 Å². The van der Waals surface area contributed by atoms with Gasteiger partial charge in [-0.1, -0.05) is 76.2 Å². The third-order valence-electron chi connectivity index (χ3n) is 15.5. The SMILES string of the molecule is CN[C@@H](C)C(=O)N[C@H]1CCSC2CC(C)(C)[C@@H](C(=O)N[C@H]3c4ccccc4C[C@H]3OCCCCO[C@H]3Cc4ccccc4[C@H]3NC(=O)[C@@H]3N4C(=O)[C@H](NC(=O)[C@@H](C)NC)CCSC4CC3(C)C)N2C1=O. The number of likely N-dealkylation sites (N-methyl/N-ethyl adjacent to an activating group) is 2. The van der Waals surface area contributed by atoms with E-state index in [1.807, 2.05) is 64.1 Å². The van der Waals surface area contributed by atoms with Crippen LogP contribution in [-0.2, 0) is 51.1 Å². The molecular formula is C52H74N8O8S2. The zero-order chi connectivity index (χ0) is 50.1. The maximum Gasteiger partial charge on any atom is 0.246 e. The van der Waals surface area contributed by atoms with E-state index in [-0.39, 0.29) is 58.4 Å². The van der Waals surface area contributed by atoms with Crippen LogP contribution in [0, 0.1) is 10.8 Å². The highest BCUT2D eigenvalue weighted by molar-refractivity contribution is 8.00. The minimum atomic E-state index is -0.728. The van der Waals surface area contributed by atoms with E-state index in [4.69, 9.17) is 9.47 Å². The molecule has 382 valence electrons. The molecule has 2 unspecified atom stereocenters. The number of hydrogen-bond acceptors (Lipinski definition) is 12. The topological polar surface area (TPSA) is 200 Å². The van der Waals surface area contributed by atoms with Crippen LogP contribution in [0.3, 0.4) is 0 Å². The van der Waals surface area contributed by atoms with Crippen LogP contribution in [0.4, 0.5) is 0 Å². The van der Waals surface area contributed by atoms with Gasteiger partial charge in [-0.3, -0.25) is 28.8 Å². The van der Waals surface area contributed by atoms with Crippen LogP contribution in [0.5, 0.6) is 0 Å². The zero-order valence-electron chi connectivity index (χ0n) is 42.0. The van der Waals surface area contributed by atoms with Gasteiger partial charge in [-0.05, 0) is 111 Å². The molecule has 2 aromatic carbocycles. The Kier molecular flexibility index (Phi) is 16.3. The Morgan fingerprint density at radius 3 is 1.40 bits per heavy atom. The van der Waals surface area contributed by atoms with Crippen molar-refractivity contribution in [3.63, 3.8) is 0 Å². The molecule has 0 aromatic heterocycles. The van der Waals surface area contributed by atoms with Crippen molar-refractivity contribution < 1.29 is 38.2 Å². The molecule has 16 nitrogen and oxygen atoms in total. The Morgan fingerprint density at radius 2 is 1.01 bits per heavy atom. The predicted molar refractivity (Wildman–Crippen MR) is 271 cm³/mol. The number of fused-ring (bicyclic) bond motifs is 4. The van der Waals surface area contributed by atoms with Crippen LogP contribution in [0.1, 0.15) is 114 Å². The molecule has 70 heavy (non-hydrogen) atoms. The average Bonchev–Trinajstić information content (AvgIpc) is 3.97. The summed E-state index contributed by atoms with van der Waals surface area (Å²) in [5.41, 5.74) is 3.23. The number of hydrogen-bond donors (Lipinski definition) is 6. The number of nitrogens with one attached hydrogen (secondary N) is 6. The van der Waals surface area contributed by atoms with Gasteiger partial charge >= 0.3 is 0 Å². The molecule has 0 bridgehead atoms. The van der Waals surface area contributed by atoms with E-state index in [0.29, 0.717) is 76.1 Å². The number of amides is 6. The largest absolute Gasteiger partial charge is 0.375 e. The summed E-state index contributed by atoms with van der Waals surface area (Å²) >= 11 is 3.35. The maximum absolute atomic E-state index is 14.6. The van der Waals surface area contributed by atoms with Crippen LogP contribution in [-0.4, -0.2) is 143 Å². The van der Waals surface area contributed by atoms with Crippen molar-refractivity contribution in [1.82, 2.24) is 41.7 Å². The third kappa shape index (κ3) is 10.8. The number of carbonyl (C=O) groups excluding carboxylic acids is 6. The van der Waals surface area contributed by atoms with Gasteiger partial charge in [-0.15, -0.1) is 23.5 Å². The van der Waals surface area contributed by atoms with Crippen LogP contribution >= 0.6 is 23.5 Å². The van der Waals surface area contributed by atoms with Crippen LogP contribution in [0.15, 0.2) is 48.5 Å². The summed E-state index contributed by atoms with van der Waals surface area (Å²) in [5, 5.41) is 18.1. The molecule has 6 N–H and O–H groups in total. The van der Waals surface area contributed by atoms with Gasteiger partial charge in [0.1, 0.15) is 24.2 Å². The smallest absolute Gasteiger partial charge is 0.246 e. The van der Waals surface area contributed by atoms with E-state index >= 15 is 0 Å². The van der Waals surface area contributed by atoms with Crippen LogP contribution in [0.2, 0.25) is 0 Å². The van der Waals surface area contributed by atoms with Crippen molar-refractivity contribution in [2.45, 2.75) is 164 Å². The highest BCUT2D eigenvalue weighted by Crippen LogP contribution is 2.48. The second-order valence-electron chi connectivity index (χ2n) is 21.4. The molecule has 0 saturated carbocycles. The molecule has 4 heterocycles. The van der Waals surface area contributed by atoms with E-state index in [1.54, 1.807) is 61.3 Å². The molecular weight excluding hydrogens is 929 g/mol. The minimum absolute atomic E-state index is 0.171. The second kappa shape index (κ2) is 21.9. The Bertz CT molecular complexity index is 2130. The number of thioether (sulfide) groups is 2. The lowest BCUT2D eigenvalue weighted by Gasteiger charge is -2.35. The van der Waals surface area contributed by atoms with Gasteiger partial charge in [0.15, 0.2) is 0 Å². The van der Waals surface area contributed by atoms with E-state index in [2.05, 4.69) is 44.0 Å². The molecule has 4 aliphatic heterocycles. The highest BCUT2D eigenvalue weighted by Gasteiger charge is 2.57. The quantitative estimate of drug-likeness (QED) is 0.126. The van der Waals surface area contributed by atoms with Gasteiger partial charge in [-0.2, -0.15) is 0 Å². The normalized spacial score (nSPS) is 30.5. The number of carbonyl (C=O) groups is 6. The van der Waals surface area contributed by atoms with Crippen molar-refractivity contribution in [2.24, 2.45) is 10.8 Å². The molecule has 8 rings (SSSR count). The molecule has 4 fully saturated rings. The first-order valence-corrected chi connectivity index (χ1v) is 27.4. The summed E-state index contributed by atoms with van der Waals surface area (Å²) in [6, 6.07) is 11.6. The average molecular weight is 1000 g/mol. The first-order valence-electron chi connectivity index (χ1n) is 25.3. The van der Waals surface area contributed by atoms with Crippen molar-refractivity contribution >= 4 is 59.0 Å². The van der Waals surface area contributed by atoms with Crippen molar-refractivity contribution in [3.05, 3.63) is 70.8 Å². The predicted octanol–water partition coefficient (Wildman–Crippen LogP) is 3.73. The van der Waals surface area contributed by atoms with Crippen molar-refractivity contribution in [3.8, 4) is 0 Å². The summed E-state index contributed by atoms with van der Waals surface area (Å²) in [4.78, 5) is 87.0. The summed E-state index contributed by atoms with van der Waals surface area (Å²) in [6.45, 7) is 12.6. The van der Waals surface area contributed by atoms with Crippen molar-refractivity contribution in [1.29, 1.82) is 0 Å². The lowest BCUT2D eigenvalue weighted by Crippen LogP contribution is -2.58. The fourth-order valence-electron chi connectivity index (χ4n) is 11.5. The number of ether oxygens (including phenoxy) is 2. The Balaban J connectivity index is 0.882. The van der Waals surface area contributed by atoms with E-state index < -0.39 is 59.2 Å². The highest BCUT2D eigenvalue weighted by atomic mass is 32.2. The fraction of sp³-hybridized carbons (Fsp3) is 0.654. The molecule has 0 radical (unpaired) electrons. The summed E-state index contributed by atoms with van der Waals surface area (Å²) in [5.74, 6) is 0.0180. The molecule has 4 saturated heterocycles. The van der Waals surface area contributed by atoms with Gasteiger partial charge in [0.25, 0.3) is 0 Å². The number of nitrogens with zero attached hydrogens (tertiary/aromatic N) is 2. The number of benzene rings is 2. The molecule has 6 amide bonds. The summed E-state index contributed by atoms with van der Waals surface area (Å²) < 4.78 is 13.2. The maximum atomic E-state index is 14.6. The minimum Gasteiger partial charge on any atom is -0.375 e. The van der Waals surface area contributed by atoms with Crippen LogP contribution < -0.4 is 31.9 Å². The van der Waals surface area contributed by atoms with E-state index in [9.17, 15) is 28.8 Å². The van der Waals surface area contributed by atoms with Gasteiger partial charge in [0.2, 0.25) is 35.4 Å². The van der Waals surface area contributed by atoms with Gasteiger partial charge in [0.05, 0.1) is 47.1 Å². The van der Waals surface area contributed by atoms with Crippen LogP contribution in [0.25, 0.3) is 0 Å². The summed E-state index contributed by atoms with van der Waals surface area (Å²) in [6.07, 6.45) is 4.38. The zero-order valence-corrected chi connectivity index (χ0v) is 43.6. The lowest BCUT2D eigenvalue weighted by atomic mass is 9.83. The molecule has 0 spiro atoms. The first-order chi connectivity index (χ1) is 33.4. The van der Waals surface area contributed by atoms with Gasteiger partial charge in [0, 0.05) is 26.1 Å². The second-order valence-corrected chi connectivity index (χ2v) is 23.9.